The van der Waals surface area contributed by atoms with Crippen molar-refractivity contribution in [2.75, 3.05) is 0 Å². The Kier molecular flexibility index (Phi) is 2.37. The largest absolute Gasteiger partial charge is 0.449 e. The Morgan fingerprint density at radius 2 is 2.12 bits per heavy atom. The van der Waals surface area contributed by atoms with Gasteiger partial charge in [-0.05, 0) is 30.7 Å². The Morgan fingerprint density at radius 3 is 2.94 bits per heavy atom. The minimum atomic E-state index is 0.116. The fraction of sp³-hybridized carbons (Fsp3) is 0.143. The maximum absolute atomic E-state index is 12.0. The van der Waals surface area contributed by atoms with Crippen LogP contribution in [0.4, 0.5) is 0 Å². The number of pyridine rings is 1. The van der Waals surface area contributed by atoms with Crippen LogP contribution in [0.1, 0.15) is 22.5 Å². The van der Waals surface area contributed by atoms with Gasteiger partial charge in [0, 0.05) is 18.3 Å². The normalized spacial score (nSPS) is 11.5. The molecule has 2 heterocycles. The SMILES string of the molecule is O=C(CCc1ccccn1)c1cccc2c1O2. The highest BCUT2D eigenvalue weighted by molar-refractivity contribution is 6.01. The number of carbonyl (C=O) groups excluding carboxylic acids is 1. The van der Waals surface area contributed by atoms with Gasteiger partial charge in [-0.2, -0.15) is 0 Å². The Hall–Kier alpha value is -2.16. The number of ether oxygens (including phenoxy) is 1. The average molecular weight is 225 g/mol. The van der Waals surface area contributed by atoms with E-state index in [1.165, 1.54) is 0 Å². The van der Waals surface area contributed by atoms with E-state index in [1.807, 2.05) is 36.4 Å². The first-order valence-corrected chi connectivity index (χ1v) is 5.58. The smallest absolute Gasteiger partial charge is 0.180 e. The lowest BCUT2D eigenvalue weighted by Gasteiger charge is -1.99. The van der Waals surface area contributed by atoms with Crippen LogP contribution < -0.4 is 4.74 Å². The average Bonchev–Trinajstić information content (AvgIpc) is 3.16. The van der Waals surface area contributed by atoms with Crippen LogP contribution >= 0.6 is 0 Å². The van der Waals surface area contributed by atoms with Crippen molar-refractivity contribution in [1.29, 1.82) is 0 Å². The van der Waals surface area contributed by atoms with E-state index >= 15 is 0 Å². The summed E-state index contributed by atoms with van der Waals surface area (Å²) in [6.45, 7) is 0. The summed E-state index contributed by atoms with van der Waals surface area (Å²) in [6, 6.07) is 11.3. The summed E-state index contributed by atoms with van der Waals surface area (Å²) in [6.07, 6.45) is 2.88. The fourth-order valence-electron chi connectivity index (χ4n) is 1.83. The molecule has 84 valence electrons. The minimum Gasteiger partial charge on any atom is -0.449 e. The second-order valence-electron chi connectivity index (χ2n) is 3.98. The molecule has 0 aliphatic carbocycles. The molecule has 3 nitrogen and oxygen atoms in total. The van der Waals surface area contributed by atoms with Crippen molar-refractivity contribution in [3.63, 3.8) is 0 Å². The number of aryl methyl sites for hydroxylation is 1. The first-order valence-electron chi connectivity index (χ1n) is 5.58. The maximum atomic E-state index is 12.0. The lowest BCUT2D eigenvalue weighted by atomic mass is 10.1. The van der Waals surface area contributed by atoms with Crippen molar-refractivity contribution in [3.05, 3.63) is 53.9 Å². The predicted molar refractivity (Wildman–Crippen MR) is 63.4 cm³/mol. The molecule has 0 saturated carbocycles. The van der Waals surface area contributed by atoms with Gasteiger partial charge in [-0.1, -0.05) is 12.1 Å². The molecule has 17 heavy (non-hydrogen) atoms. The van der Waals surface area contributed by atoms with Crippen LogP contribution in [0.25, 0.3) is 0 Å². The summed E-state index contributed by atoms with van der Waals surface area (Å²) in [5.41, 5.74) is 1.64. The minimum absolute atomic E-state index is 0.116. The molecule has 1 aliphatic rings. The summed E-state index contributed by atoms with van der Waals surface area (Å²) in [4.78, 5) is 16.2. The van der Waals surface area contributed by atoms with Gasteiger partial charge in [-0.25, -0.2) is 0 Å². The monoisotopic (exact) mass is 225 g/mol. The zero-order chi connectivity index (χ0) is 11.7. The molecule has 1 aliphatic heterocycles. The third-order valence-corrected chi connectivity index (χ3v) is 2.78. The Labute approximate surface area is 99.1 Å². The first kappa shape index (κ1) is 10.0. The van der Waals surface area contributed by atoms with Crippen molar-refractivity contribution >= 4 is 5.78 Å². The van der Waals surface area contributed by atoms with Gasteiger partial charge >= 0.3 is 0 Å². The number of Topliss-reactive ketones (excluding diaryl/α,β-unsaturated/α-hetero) is 1. The van der Waals surface area contributed by atoms with Crippen LogP contribution in [-0.4, -0.2) is 10.8 Å². The van der Waals surface area contributed by atoms with Gasteiger partial charge in [0.1, 0.15) is 0 Å². The van der Waals surface area contributed by atoms with Crippen molar-refractivity contribution in [2.24, 2.45) is 0 Å². The molecule has 3 heteroatoms. The van der Waals surface area contributed by atoms with E-state index < -0.39 is 0 Å². The molecule has 3 rings (SSSR count). The van der Waals surface area contributed by atoms with Crippen molar-refractivity contribution in [1.82, 2.24) is 4.98 Å². The van der Waals surface area contributed by atoms with Gasteiger partial charge < -0.3 is 4.74 Å². The molecule has 0 fully saturated rings. The van der Waals surface area contributed by atoms with Gasteiger partial charge in [-0.3, -0.25) is 9.78 Å². The van der Waals surface area contributed by atoms with E-state index in [1.54, 1.807) is 6.20 Å². The summed E-state index contributed by atoms with van der Waals surface area (Å²) in [5, 5.41) is 0. The zero-order valence-corrected chi connectivity index (χ0v) is 9.22. The fourth-order valence-corrected chi connectivity index (χ4v) is 1.83. The lowest BCUT2D eigenvalue weighted by molar-refractivity contribution is 0.0982. The molecular formula is C14H11NO2. The lowest BCUT2D eigenvalue weighted by Crippen LogP contribution is -2.01. The Bertz CT molecular complexity index is 564. The van der Waals surface area contributed by atoms with E-state index in [9.17, 15) is 4.79 Å². The van der Waals surface area contributed by atoms with Crippen molar-refractivity contribution in [2.45, 2.75) is 12.8 Å². The van der Waals surface area contributed by atoms with E-state index in [0.29, 0.717) is 18.4 Å². The molecule has 1 aromatic heterocycles. The summed E-state index contributed by atoms with van der Waals surface area (Å²) in [7, 11) is 0. The number of fused-ring (bicyclic) bond motifs is 1. The number of hydrogen-bond acceptors (Lipinski definition) is 3. The third kappa shape index (κ3) is 2.04. The van der Waals surface area contributed by atoms with Crippen LogP contribution in [0.5, 0.6) is 11.5 Å². The number of carbonyl (C=O) groups is 1. The van der Waals surface area contributed by atoms with Crippen LogP contribution in [0.15, 0.2) is 42.6 Å². The summed E-state index contributed by atoms with van der Waals surface area (Å²) in [5.74, 6) is 1.69. The third-order valence-electron chi connectivity index (χ3n) is 2.78. The van der Waals surface area contributed by atoms with Crippen LogP contribution in [0.2, 0.25) is 0 Å². The van der Waals surface area contributed by atoms with E-state index in [-0.39, 0.29) is 5.78 Å². The number of hydrogen-bond donors (Lipinski definition) is 0. The summed E-state index contributed by atoms with van der Waals surface area (Å²) < 4.78 is 5.21. The van der Waals surface area contributed by atoms with Crippen molar-refractivity contribution < 1.29 is 9.53 Å². The molecule has 2 aromatic rings. The number of aromatic nitrogens is 1. The van der Waals surface area contributed by atoms with E-state index in [2.05, 4.69) is 4.98 Å². The second-order valence-corrected chi connectivity index (χ2v) is 3.98. The standard InChI is InChI=1S/C14H11NO2/c16-12(8-7-10-4-1-2-9-15-10)11-5-3-6-13-14(11)17-13/h1-6,9H,7-8H2. The molecule has 0 amide bonds. The van der Waals surface area contributed by atoms with Crippen molar-refractivity contribution in [3.8, 4) is 11.5 Å². The highest BCUT2D eigenvalue weighted by Gasteiger charge is 2.26. The molecule has 0 unspecified atom stereocenters. The zero-order valence-electron chi connectivity index (χ0n) is 9.22. The number of para-hydroxylation sites is 1. The van der Waals surface area contributed by atoms with Crippen LogP contribution in [-0.2, 0) is 6.42 Å². The number of rotatable bonds is 4. The first-order chi connectivity index (χ1) is 8.34. The van der Waals surface area contributed by atoms with E-state index in [4.69, 9.17) is 4.74 Å². The highest BCUT2D eigenvalue weighted by Crippen LogP contribution is 2.48. The molecule has 0 radical (unpaired) electrons. The Morgan fingerprint density at radius 1 is 1.18 bits per heavy atom. The second kappa shape index (κ2) is 4.01. The van der Waals surface area contributed by atoms with Crippen LogP contribution in [0, 0.1) is 0 Å². The topological polar surface area (TPSA) is 42.5 Å². The Balaban J connectivity index is 1.68. The molecule has 0 spiro atoms. The van der Waals surface area contributed by atoms with Crippen LogP contribution in [0.3, 0.4) is 0 Å². The van der Waals surface area contributed by atoms with Gasteiger partial charge in [0.15, 0.2) is 17.3 Å². The molecule has 0 atom stereocenters. The van der Waals surface area contributed by atoms with Gasteiger partial charge in [0.05, 0.1) is 5.56 Å². The highest BCUT2D eigenvalue weighted by atomic mass is 16.6. The van der Waals surface area contributed by atoms with Gasteiger partial charge in [0.2, 0.25) is 0 Å². The number of nitrogens with zero attached hydrogens (tertiary/aromatic N) is 1. The van der Waals surface area contributed by atoms with Gasteiger partial charge in [0.25, 0.3) is 0 Å². The molecular weight excluding hydrogens is 214 g/mol. The molecule has 1 aromatic carbocycles. The maximum Gasteiger partial charge on any atom is 0.180 e. The molecule has 0 N–H and O–H groups in total. The molecule has 0 saturated heterocycles. The summed E-state index contributed by atoms with van der Waals surface area (Å²) >= 11 is 0. The van der Waals surface area contributed by atoms with Gasteiger partial charge in [-0.15, -0.1) is 0 Å². The van der Waals surface area contributed by atoms with E-state index in [0.717, 1.165) is 17.2 Å². The quantitative estimate of drug-likeness (QED) is 0.506. The number of benzene rings is 1. The molecule has 0 bridgehead atoms. The predicted octanol–water partition coefficient (Wildman–Crippen LogP) is 3.00. The number of ketones is 1.